The lowest BCUT2D eigenvalue weighted by molar-refractivity contribution is -0.832. The lowest BCUT2D eigenvalue weighted by Gasteiger charge is -2.04. The van der Waals surface area contributed by atoms with Crippen molar-refractivity contribution in [2.45, 2.75) is 19.8 Å². The minimum atomic E-state index is -4.32. The van der Waals surface area contributed by atoms with Crippen LogP contribution in [0.3, 0.4) is 0 Å². The molecule has 0 aliphatic carbocycles. The van der Waals surface area contributed by atoms with Gasteiger partial charge in [-0.15, -0.1) is 0 Å². The van der Waals surface area contributed by atoms with Crippen molar-refractivity contribution in [2.75, 3.05) is 13.2 Å². The molecule has 0 saturated carbocycles. The largest absolute Gasteiger partial charge is 0.451 e. The van der Waals surface area contributed by atoms with Gasteiger partial charge in [0.25, 0.3) is 19.7 Å². The first-order valence-electron chi connectivity index (χ1n) is 9.28. The summed E-state index contributed by atoms with van der Waals surface area (Å²) in [6.45, 7) is -0.860. The van der Waals surface area contributed by atoms with Gasteiger partial charge in [0, 0.05) is 0 Å². The summed E-state index contributed by atoms with van der Waals surface area (Å²) in [5.41, 5.74) is 0. The zero-order chi connectivity index (χ0) is 24.3. The Balaban J connectivity index is 1.49. The van der Waals surface area contributed by atoms with Gasteiger partial charge < -0.3 is 19.9 Å². The molecule has 16 heteroatoms. The van der Waals surface area contributed by atoms with Crippen LogP contribution >= 0.6 is 0 Å². The quantitative estimate of drug-likeness (QED) is 0.217. The average Bonchev–Trinajstić information content (AvgIpc) is 3.40. The summed E-state index contributed by atoms with van der Waals surface area (Å²) in [6.07, 6.45) is 0. The molecule has 2 heterocycles. The fourth-order valence-electron chi connectivity index (χ4n) is 2.76. The van der Waals surface area contributed by atoms with Crippen LogP contribution in [-0.4, -0.2) is 40.4 Å². The van der Waals surface area contributed by atoms with E-state index in [0.29, 0.717) is 0 Å². The monoisotopic (exact) mass is 510 g/mol. The maximum absolute atomic E-state index is 12.7. The molecule has 4 aromatic rings. The van der Waals surface area contributed by atoms with Crippen LogP contribution in [0.1, 0.15) is 0 Å². The second-order valence-corrected chi connectivity index (χ2v) is 10.1. The zero-order valence-electron chi connectivity index (χ0n) is 16.9. The minimum Gasteiger partial charge on any atom is -0.451 e. The van der Waals surface area contributed by atoms with E-state index in [1.165, 1.54) is 48.5 Å². The number of rotatable bonds is 9. The molecule has 2 aromatic carbocycles. The minimum absolute atomic E-state index is 0.192. The number of hydrogen-bond donors (Lipinski definition) is 0. The molecule has 0 unspecified atom stereocenters. The van der Waals surface area contributed by atoms with E-state index in [9.17, 15) is 27.3 Å². The predicted molar refractivity (Wildman–Crippen MR) is 106 cm³/mol. The Kier molecular flexibility index (Phi) is 6.08. The van der Waals surface area contributed by atoms with Crippen LogP contribution < -0.4 is 19.3 Å². The summed E-state index contributed by atoms with van der Waals surface area (Å²) >= 11 is 0. The van der Waals surface area contributed by atoms with E-state index in [2.05, 4.69) is 19.6 Å². The van der Waals surface area contributed by atoms with Gasteiger partial charge in [-0.25, -0.2) is 16.8 Å². The molecule has 0 bridgehead atoms. The van der Waals surface area contributed by atoms with Crippen LogP contribution in [0.5, 0.6) is 11.8 Å². The van der Waals surface area contributed by atoms with Crippen LogP contribution in [0.4, 0.5) is 0 Å². The number of hydrogen-bond acceptors (Lipinski definition) is 12. The van der Waals surface area contributed by atoms with E-state index in [1.807, 2.05) is 0 Å². The summed E-state index contributed by atoms with van der Waals surface area (Å²) in [5.74, 6) is -1.28. The Morgan fingerprint density at radius 1 is 0.676 bits per heavy atom. The van der Waals surface area contributed by atoms with E-state index < -0.39 is 54.7 Å². The topological polar surface area (TPSA) is 193 Å². The van der Waals surface area contributed by atoms with E-state index in [0.717, 1.165) is 0 Å². The molecule has 0 fully saturated rings. The Morgan fingerprint density at radius 3 is 1.38 bits per heavy atom. The fraction of sp³-hybridized carbons (Fsp3) is 0.111. The first kappa shape index (κ1) is 23.0. The second kappa shape index (κ2) is 8.99. The molecule has 34 heavy (non-hydrogen) atoms. The number of sulfone groups is 2. The van der Waals surface area contributed by atoms with Gasteiger partial charge in [-0.2, -0.15) is 0 Å². The smallest absolute Gasteiger partial charge is 0.415 e. The van der Waals surface area contributed by atoms with Gasteiger partial charge in [0.15, 0.2) is 0 Å². The first-order chi connectivity index (χ1) is 16.2. The molecule has 0 amide bonds. The molecule has 14 nitrogen and oxygen atoms in total. The summed E-state index contributed by atoms with van der Waals surface area (Å²) < 4.78 is 70.0. The predicted octanol–water partition coefficient (Wildman–Crippen LogP) is 0.0528. The third-order valence-corrected chi connectivity index (χ3v) is 7.72. The van der Waals surface area contributed by atoms with Crippen molar-refractivity contribution in [1.82, 2.24) is 10.3 Å². The van der Waals surface area contributed by atoms with Crippen LogP contribution in [0, 0.1) is 10.4 Å². The normalized spacial score (nSPS) is 11.9. The number of ether oxygens (including phenoxy) is 2. The molecule has 0 atom stereocenters. The molecular formula is C18H14N4O10S2. The Morgan fingerprint density at radius 2 is 1.03 bits per heavy atom. The molecule has 2 aromatic heterocycles. The highest BCUT2D eigenvalue weighted by Crippen LogP contribution is 2.26. The van der Waals surface area contributed by atoms with Crippen molar-refractivity contribution in [1.29, 1.82) is 0 Å². The van der Waals surface area contributed by atoms with E-state index in [1.54, 1.807) is 12.1 Å². The standard InChI is InChI=1S/C18H14N4O10S2/c23-21-17(33(25,26)13-7-3-1-4-8-13)15(19-31-21)29-11-12-30-16-18(22(24)32-20-16)34(27,28)14-9-5-2-6-10-14/h1-10H,11-12H2. The number of nitrogens with zero attached hydrogens (tertiary/aromatic N) is 4. The Bertz CT molecular complexity index is 1390. The summed E-state index contributed by atoms with van der Waals surface area (Å²) in [6, 6.07) is 14.1. The molecule has 0 saturated heterocycles. The maximum atomic E-state index is 12.7. The first-order valence-corrected chi connectivity index (χ1v) is 12.2. The van der Waals surface area contributed by atoms with Crippen molar-refractivity contribution in [2.24, 2.45) is 0 Å². The van der Waals surface area contributed by atoms with Crippen molar-refractivity contribution in [3.8, 4) is 11.8 Å². The molecule has 0 spiro atoms. The molecule has 4 rings (SSSR count). The third kappa shape index (κ3) is 4.23. The molecule has 178 valence electrons. The summed E-state index contributed by atoms with van der Waals surface area (Å²) in [4.78, 5) is -1.02. The van der Waals surface area contributed by atoms with Gasteiger partial charge >= 0.3 is 21.8 Å². The summed E-state index contributed by atoms with van der Waals surface area (Å²) in [5, 5.41) is 28.6. The van der Waals surface area contributed by atoms with E-state index in [-0.39, 0.29) is 19.6 Å². The summed E-state index contributed by atoms with van der Waals surface area (Å²) in [7, 11) is -8.65. The highest BCUT2D eigenvalue weighted by molar-refractivity contribution is 7.91. The second-order valence-electron chi connectivity index (χ2n) is 6.41. The van der Waals surface area contributed by atoms with Gasteiger partial charge in [-0.05, 0) is 34.1 Å². The number of benzene rings is 2. The van der Waals surface area contributed by atoms with E-state index in [4.69, 9.17) is 9.47 Å². The highest BCUT2D eigenvalue weighted by atomic mass is 32.2. The van der Waals surface area contributed by atoms with Gasteiger partial charge in [0.05, 0.1) is 20.1 Å². The van der Waals surface area contributed by atoms with Crippen LogP contribution in [0.2, 0.25) is 0 Å². The van der Waals surface area contributed by atoms with Gasteiger partial charge in [0.2, 0.25) is 0 Å². The molecule has 0 N–H and O–H groups in total. The zero-order valence-corrected chi connectivity index (χ0v) is 18.5. The third-order valence-electron chi connectivity index (χ3n) is 4.27. The highest BCUT2D eigenvalue weighted by Gasteiger charge is 2.37. The van der Waals surface area contributed by atoms with Gasteiger partial charge in [-0.1, -0.05) is 36.4 Å². The SMILES string of the molecule is O=S(=O)(c1ccccc1)c1c(OCCOc2no[n+]([O-])c2S(=O)(=O)c2ccccc2)no[n+]1[O-]. The molecule has 0 aliphatic heterocycles. The molecule has 0 aliphatic rings. The average molecular weight is 510 g/mol. The lowest BCUT2D eigenvalue weighted by atomic mass is 10.4. The van der Waals surface area contributed by atoms with E-state index >= 15 is 0 Å². The van der Waals surface area contributed by atoms with Crippen molar-refractivity contribution in [3.05, 3.63) is 71.1 Å². The lowest BCUT2D eigenvalue weighted by Crippen LogP contribution is -2.31. The fourth-order valence-corrected chi connectivity index (χ4v) is 5.35. The maximum Gasteiger partial charge on any atom is 0.415 e. The molecular weight excluding hydrogens is 496 g/mol. The van der Waals surface area contributed by atoms with Gasteiger partial charge in [-0.3, -0.25) is 9.26 Å². The number of aromatic nitrogens is 4. The van der Waals surface area contributed by atoms with Crippen molar-refractivity contribution in [3.63, 3.8) is 0 Å². The Hall–Kier alpha value is -4.18. The van der Waals surface area contributed by atoms with Crippen LogP contribution in [0.25, 0.3) is 0 Å². The Labute approximate surface area is 191 Å². The van der Waals surface area contributed by atoms with Crippen LogP contribution in [0.15, 0.2) is 89.8 Å². The van der Waals surface area contributed by atoms with Crippen molar-refractivity contribution >= 4 is 19.7 Å². The van der Waals surface area contributed by atoms with Crippen molar-refractivity contribution < 1.29 is 45.4 Å². The molecule has 0 radical (unpaired) electrons. The van der Waals surface area contributed by atoms with Gasteiger partial charge in [0.1, 0.15) is 13.2 Å². The van der Waals surface area contributed by atoms with Crippen LogP contribution in [-0.2, 0) is 19.7 Å².